The molecule has 0 bridgehead atoms. The van der Waals surface area contributed by atoms with E-state index in [1.54, 1.807) is 0 Å². The molecule has 0 spiro atoms. The Kier molecular flexibility index (Phi) is 2.03. The highest BCUT2D eigenvalue weighted by molar-refractivity contribution is 5.71. The van der Waals surface area contributed by atoms with Crippen molar-refractivity contribution < 1.29 is 0 Å². The third kappa shape index (κ3) is 1.42. The predicted octanol–water partition coefficient (Wildman–Crippen LogP) is 2.86. The molecule has 0 fully saturated rings. The molecule has 2 heterocycles. The summed E-state index contributed by atoms with van der Waals surface area (Å²) in [5, 5.41) is 0. The Morgan fingerprint density at radius 3 is 1.69 bits per heavy atom. The van der Waals surface area contributed by atoms with Gasteiger partial charge in [0.2, 0.25) is 0 Å². The number of hydrogen-bond donors (Lipinski definition) is 0. The topological polar surface area (TPSA) is 25.8 Å². The number of fused-ring (bicyclic) bond motifs is 3. The first-order valence-corrected chi connectivity index (χ1v) is 5.65. The first-order chi connectivity index (χ1) is 7.74. The van der Waals surface area contributed by atoms with Crippen molar-refractivity contribution >= 4 is 0 Å². The zero-order chi connectivity index (χ0) is 11.1. The summed E-state index contributed by atoms with van der Waals surface area (Å²) in [7, 11) is 0. The van der Waals surface area contributed by atoms with Gasteiger partial charge in [-0.2, -0.15) is 0 Å². The lowest BCUT2D eigenvalue weighted by Crippen LogP contribution is -2.06. The summed E-state index contributed by atoms with van der Waals surface area (Å²) in [4.78, 5) is 8.77. The van der Waals surface area contributed by atoms with E-state index in [4.69, 9.17) is 0 Å². The molecule has 0 amide bonds. The van der Waals surface area contributed by atoms with Crippen LogP contribution in [0.4, 0.5) is 0 Å². The predicted molar refractivity (Wildman–Crippen MR) is 64.4 cm³/mol. The summed E-state index contributed by atoms with van der Waals surface area (Å²) >= 11 is 0. The molecule has 2 heteroatoms. The fourth-order valence-electron chi connectivity index (χ4n) is 2.40. The molecule has 16 heavy (non-hydrogen) atoms. The van der Waals surface area contributed by atoms with Crippen molar-refractivity contribution in [3.8, 4) is 11.1 Å². The van der Waals surface area contributed by atoms with Gasteiger partial charge >= 0.3 is 0 Å². The summed E-state index contributed by atoms with van der Waals surface area (Å²) in [5.74, 6) is 0. The van der Waals surface area contributed by atoms with Crippen molar-refractivity contribution in [2.24, 2.45) is 0 Å². The van der Waals surface area contributed by atoms with Gasteiger partial charge in [0.1, 0.15) is 0 Å². The second-order valence-electron chi connectivity index (χ2n) is 4.47. The molecule has 3 rings (SSSR count). The Bertz CT molecular complexity index is 507. The first-order valence-electron chi connectivity index (χ1n) is 5.65. The Labute approximate surface area is 95.4 Å². The van der Waals surface area contributed by atoms with Gasteiger partial charge < -0.3 is 0 Å². The van der Waals surface area contributed by atoms with Crippen LogP contribution in [0.1, 0.15) is 22.5 Å². The fourth-order valence-corrected chi connectivity index (χ4v) is 2.40. The summed E-state index contributed by atoms with van der Waals surface area (Å²) in [5.41, 5.74) is 7.54. The molecule has 2 aromatic rings. The van der Waals surface area contributed by atoms with Crippen molar-refractivity contribution in [1.29, 1.82) is 0 Å². The van der Waals surface area contributed by atoms with Gasteiger partial charge in [-0.25, -0.2) is 0 Å². The maximum atomic E-state index is 4.39. The largest absolute Gasteiger partial charge is 0.261 e. The Hall–Kier alpha value is -1.70. The van der Waals surface area contributed by atoms with Crippen LogP contribution < -0.4 is 0 Å². The van der Waals surface area contributed by atoms with Crippen LogP contribution in [0.5, 0.6) is 0 Å². The zero-order valence-electron chi connectivity index (χ0n) is 9.62. The van der Waals surface area contributed by atoms with E-state index < -0.39 is 0 Å². The highest BCUT2D eigenvalue weighted by Gasteiger charge is 2.16. The van der Waals surface area contributed by atoms with Crippen molar-refractivity contribution in [2.45, 2.75) is 26.7 Å². The maximum Gasteiger partial charge on any atom is 0.0375 e. The molecule has 0 atom stereocenters. The summed E-state index contributed by atoms with van der Waals surface area (Å²) in [6, 6.07) is 4.39. The van der Waals surface area contributed by atoms with E-state index in [2.05, 4.69) is 22.1 Å². The number of aromatic nitrogens is 2. The summed E-state index contributed by atoms with van der Waals surface area (Å²) in [6.07, 6.45) is 6.21. The van der Waals surface area contributed by atoms with Gasteiger partial charge in [-0.05, 0) is 49.9 Å². The highest BCUT2D eigenvalue weighted by Crippen LogP contribution is 2.32. The molecule has 1 aliphatic rings. The van der Waals surface area contributed by atoms with Gasteiger partial charge in [0.25, 0.3) is 0 Å². The van der Waals surface area contributed by atoms with Crippen LogP contribution in [-0.4, -0.2) is 9.97 Å². The molecule has 0 N–H and O–H groups in total. The Morgan fingerprint density at radius 2 is 1.25 bits per heavy atom. The van der Waals surface area contributed by atoms with E-state index in [1.165, 1.54) is 22.3 Å². The lowest BCUT2D eigenvalue weighted by molar-refractivity contribution is 0.920. The van der Waals surface area contributed by atoms with Crippen LogP contribution in [0.25, 0.3) is 11.1 Å². The van der Waals surface area contributed by atoms with Crippen LogP contribution in [0.2, 0.25) is 0 Å². The van der Waals surface area contributed by atoms with E-state index in [0.717, 1.165) is 24.2 Å². The van der Waals surface area contributed by atoms with Crippen LogP contribution >= 0.6 is 0 Å². The summed E-state index contributed by atoms with van der Waals surface area (Å²) in [6.45, 7) is 4.09. The minimum atomic E-state index is 1.10. The Morgan fingerprint density at radius 1 is 0.812 bits per heavy atom. The average Bonchev–Trinajstić information content (AvgIpc) is 2.28. The van der Waals surface area contributed by atoms with Crippen LogP contribution in [0.15, 0.2) is 24.5 Å². The minimum Gasteiger partial charge on any atom is -0.261 e. The minimum absolute atomic E-state index is 1.10. The van der Waals surface area contributed by atoms with Crippen LogP contribution in [-0.2, 0) is 12.8 Å². The smallest absolute Gasteiger partial charge is 0.0375 e. The van der Waals surface area contributed by atoms with Gasteiger partial charge in [-0.1, -0.05) is 0 Å². The molecule has 2 aromatic heterocycles. The second-order valence-corrected chi connectivity index (χ2v) is 4.47. The molecule has 1 aliphatic carbocycles. The molecular formula is C14H14N2. The zero-order valence-corrected chi connectivity index (χ0v) is 9.62. The normalized spacial score (nSPS) is 13.1. The fraction of sp³-hybridized carbons (Fsp3) is 0.286. The molecule has 2 nitrogen and oxygen atoms in total. The van der Waals surface area contributed by atoms with Crippen molar-refractivity contribution in [3.63, 3.8) is 0 Å². The van der Waals surface area contributed by atoms with E-state index in [9.17, 15) is 0 Å². The van der Waals surface area contributed by atoms with Crippen molar-refractivity contribution in [3.05, 3.63) is 47.0 Å². The monoisotopic (exact) mass is 210 g/mol. The number of hydrogen-bond acceptors (Lipinski definition) is 2. The molecule has 0 unspecified atom stereocenters. The highest BCUT2D eigenvalue weighted by atomic mass is 14.7. The SMILES string of the molecule is Cc1cc2c(cn1)-c1cnc(C)cc1CC2. The number of rotatable bonds is 0. The van der Waals surface area contributed by atoms with Crippen LogP contribution in [0.3, 0.4) is 0 Å². The molecular weight excluding hydrogens is 196 g/mol. The number of aryl methyl sites for hydroxylation is 4. The average molecular weight is 210 g/mol. The lowest BCUT2D eigenvalue weighted by atomic mass is 9.87. The van der Waals surface area contributed by atoms with E-state index in [0.29, 0.717) is 0 Å². The number of pyridine rings is 2. The van der Waals surface area contributed by atoms with Gasteiger partial charge in [0.05, 0.1) is 0 Å². The molecule has 0 aromatic carbocycles. The molecule has 0 aliphatic heterocycles. The van der Waals surface area contributed by atoms with E-state index in [-0.39, 0.29) is 0 Å². The van der Waals surface area contributed by atoms with Crippen LogP contribution in [0, 0.1) is 13.8 Å². The maximum absolute atomic E-state index is 4.39. The molecule has 0 radical (unpaired) electrons. The standard InChI is InChI=1S/C14H14N2/c1-9-5-11-3-4-12-6-10(2)16-8-14(12)13(11)7-15-9/h5-8H,3-4H2,1-2H3. The van der Waals surface area contributed by atoms with Gasteiger partial charge in [-0.3, -0.25) is 9.97 Å². The third-order valence-corrected chi connectivity index (χ3v) is 3.21. The van der Waals surface area contributed by atoms with E-state index in [1.807, 2.05) is 26.2 Å². The lowest BCUT2D eigenvalue weighted by Gasteiger charge is -2.19. The van der Waals surface area contributed by atoms with E-state index >= 15 is 0 Å². The molecule has 80 valence electrons. The van der Waals surface area contributed by atoms with Gasteiger partial charge in [0.15, 0.2) is 0 Å². The van der Waals surface area contributed by atoms with Gasteiger partial charge in [-0.15, -0.1) is 0 Å². The Balaban J connectivity index is 2.23. The molecule has 0 saturated carbocycles. The third-order valence-electron chi connectivity index (χ3n) is 3.21. The quantitative estimate of drug-likeness (QED) is 0.668. The second kappa shape index (κ2) is 3.41. The first kappa shape index (κ1) is 9.52. The molecule has 0 saturated heterocycles. The van der Waals surface area contributed by atoms with Crippen molar-refractivity contribution in [2.75, 3.05) is 0 Å². The number of nitrogens with zero attached hydrogens (tertiary/aromatic N) is 2. The van der Waals surface area contributed by atoms with Crippen molar-refractivity contribution in [1.82, 2.24) is 9.97 Å². The van der Waals surface area contributed by atoms with Gasteiger partial charge in [0, 0.05) is 34.9 Å². The summed E-state index contributed by atoms with van der Waals surface area (Å²) < 4.78 is 0.